The van der Waals surface area contributed by atoms with Crippen LogP contribution in [0.25, 0.3) is 0 Å². The zero-order chi connectivity index (χ0) is 11.3. The van der Waals surface area contributed by atoms with Crippen molar-refractivity contribution in [3.05, 3.63) is 0 Å². The number of hydrogen-bond acceptors (Lipinski definition) is 4. The van der Waals surface area contributed by atoms with Crippen LogP contribution in [0.5, 0.6) is 0 Å². The number of rotatable bonds is 5. The van der Waals surface area contributed by atoms with Crippen LogP contribution in [0.3, 0.4) is 0 Å². The molecule has 1 fully saturated rings. The number of nitrogens with zero attached hydrogens (tertiary/aromatic N) is 1. The number of urea groups is 1. The summed E-state index contributed by atoms with van der Waals surface area (Å²) in [6, 6.07) is -0.544. The Morgan fingerprint density at radius 1 is 1.53 bits per heavy atom. The molecule has 1 aliphatic heterocycles. The molecule has 1 aliphatic rings. The normalized spacial score (nSPS) is 15.4. The van der Waals surface area contributed by atoms with E-state index in [1.807, 2.05) is 0 Å². The molecule has 0 aromatic carbocycles. The van der Waals surface area contributed by atoms with Gasteiger partial charge in [0, 0.05) is 13.2 Å². The first-order valence-electron chi connectivity index (χ1n) is 4.61. The lowest BCUT2D eigenvalue weighted by Gasteiger charge is -2.11. The lowest BCUT2D eigenvalue weighted by Crippen LogP contribution is -2.41. The second-order valence-corrected chi connectivity index (χ2v) is 3.07. The predicted octanol–water partition coefficient (Wildman–Crippen LogP) is -1.96. The Morgan fingerprint density at radius 2 is 2.27 bits per heavy atom. The van der Waals surface area contributed by atoms with Gasteiger partial charge in [0.2, 0.25) is 5.91 Å². The summed E-state index contributed by atoms with van der Waals surface area (Å²) in [4.78, 5) is 34.2. The van der Waals surface area contributed by atoms with Crippen LogP contribution in [0.4, 0.5) is 4.79 Å². The van der Waals surface area contributed by atoms with Crippen molar-refractivity contribution in [3.8, 4) is 0 Å². The minimum atomic E-state index is -0.544. The highest BCUT2D eigenvalue weighted by atomic mass is 16.3. The molecule has 7 nitrogen and oxygen atoms in total. The maximum absolute atomic E-state index is 11.2. The number of carbonyl (C=O) groups is 3. The lowest BCUT2D eigenvalue weighted by molar-refractivity contribution is -0.130. The van der Waals surface area contributed by atoms with Crippen LogP contribution >= 0.6 is 0 Å². The summed E-state index contributed by atoms with van der Waals surface area (Å²) in [7, 11) is 0. The Balaban J connectivity index is 2.31. The number of hydrogen-bond donors (Lipinski definition) is 3. The molecule has 1 heterocycles. The van der Waals surface area contributed by atoms with Crippen molar-refractivity contribution in [3.63, 3.8) is 0 Å². The number of imide groups is 1. The topological polar surface area (TPSA) is 98.7 Å². The smallest absolute Gasteiger partial charge is 0.325 e. The Labute approximate surface area is 86.4 Å². The summed E-state index contributed by atoms with van der Waals surface area (Å²) in [5, 5.41) is 13.3. The molecule has 0 spiro atoms. The zero-order valence-electron chi connectivity index (χ0n) is 8.15. The first-order chi connectivity index (χ1) is 7.15. The van der Waals surface area contributed by atoms with E-state index in [1.165, 1.54) is 0 Å². The van der Waals surface area contributed by atoms with E-state index in [2.05, 4.69) is 10.6 Å². The molecule has 7 heteroatoms. The first kappa shape index (κ1) is 11.4. The van der Waals surface area contributed by atoms with E-state index in [4.69, 9.17) is 5.11 Å². The molecule has 3 N–H and O–H groups in total. The van der Waals surface area contributed by atoms with Gasteiger partial charge in [-0.2, -0.15) is 0 Å². The van der Waals surface area contributed by atoms with E-state index in [9.17, 15) is 14.4 Å². The molecule has 0 aromatic heterocycles. The molecule has 0 unspecified atom stereocenters. The largest absolute Gasteiger partial charge is 0.396 e. The molecule has 0 radical (unpaired) electrons. The summed E-state index contributed by atoms with van der Waals surface area (Å²) in [6.45, 7) is 0.00123. The van der Waals surface area contributed by atoms with Gasteiger partial charge in [0.15, 0.2) is 0 Å². The molecule has 0 aromatic rings. The van der Waals surface area contributed by atoms with Crippen LogP contribution in [-0.4, -0.2) is 54.1 Å². The fourth-order valence-corrected chi connectivity index (χ4v) is 1.12. The molecular weight excluding hydrogens is 202 g/mol. The molecule has 1 saturated heterocycles. The van der Waals surface area contributed by atoms with Crippen molar-refractivity contribution in [2.24, 2.45) is 0 Å². The van der Waals surface area contributed by atoms with Crippen molar-refractivity contribution in [2.75, 3.05) is 26.2 Å². The molecule has 0 bridgehead atoms. The van der Waals surface area contributed by atoms with Crippen LogP contribution in [-0.2, 0) is 9.59 Å². The highest BCUT2D eigenvalue weighted by Crippen LogP contribution is 1.97. The average molecular weight is 215 g/mol. The maximum Gasteiger partial charge on any atom is 0.325 e. The molecule has 0 aliphatic carbocycles. The van der Waals surface area contributed by atoms with Crippen molar-refractivity contribution >= 4 is 17.8 Å². The van der Waals surface area contributed by atoms with Gasteiger partial charge in [0.1, 0.15) is 6.54 Å². The molecule has 1 rings (SSSR count). The molecule has 4 amide bonds. The molecule has 0 atom stereocenters. The Bertz CT molecular complexity index is 263. The summed E-state index contributed by atoms with van der Waals surface area (Å²) in [6.07, 6.45) is 0.450. The van der Waals surface area contributed by atoms with E-state index >= 15 is 0 Å². The number of amides is 4. The van der Waals surface area contributed by atoms with Gasteiger partial charge < -0.3 is 15.7 Å². The van der Waals surface area contributed by atoms with E-state index in [1.54, 1.807) is 0 Å². The second kappa shape index (κ2) is 5.30. The van der Waals surface area contributed by atoms with Gasteiger partial charge in [-0.25, -0.2) is 4.79 Å². The number of aliphatic hydroxyl groups is 1. The monoisotopic (exact) mass is 215 g/mol. The minimum absolute atomic E-state index is 0.0105. The molecular formula is C8H13N3O4. The van der Waals surface area contributed by atoms with Gasteiger partial charge in [0.05, 0.1) is 6.54 Å². The van der Waals surface area contributed by atoms with Crippen LogP contribution in [0.1, 0.15) is 6.42 Å². The minimum Gasteiger partial charge on any atom is -0.396 e. The highest BCUT2D eigenvalue weighted by Gasteiger charge is 2.29. The summed E-state index contributed by atoms with van der Waals surface area (Å²) < 4.78 is 0. The van der Waals surface area contributed by atoms with E-state index in [0.29, 0.717) is 13.0 Å². The quantitative estimate of drug-likeness (QED) is 0.366. The Hall–Kier alpha value is -1.63. The zero-order valence-corrected chi connectivity index (χ0v) is 8.15. The van der Waals surface area contributed by atoms with Crippen LogP contribution in [0.2, 0.25) is 0 Å². The van der Waals surface area contributed by atoms with Gasteiger partial charge >= 0.3 is 6.03 Å². The van der Waals surface area contributed by atoms with Crippen molar-refractivity contribution in [2.45, 2.75) is 6.42 Å². The predicted molar refractivity (Wildman–Crippen MR) is 49.8 cm³/mol. The third kappa shape index (κ3) is 3.21. The molecule has 84 valence electrons. The van der Waals surface area contributed by atoms with Crippen molar-refractivity contribution in [1.29, 1.82) is 0 Å². The van der Waals surface area contributed by atoms with Gasteiger partial charge in [-0.1, -0.05) is 0 Å². The fourth-order valence-electron chi connectivity index (χ4n) is 1.12. The van der Waals surface area contributed by atoms with E-state index in [0.717, 1.165) is 4.90 Å². The number of nitrogens with one attached hydrogen (secondary N) is 2. The van der Waals surface area contributed by atoms with Gasteiger partial charge in [0.25, 0.3) is 5.91 Å². The number of carbonyl (C=O) groups excluding carboxylic acids is 3. The van der Waals surface area contributed by atoms with Crippen LogP contribution < -0.4 is 10.6 Å². The lowest BCUT2D eigenvalue weighted by atomic mass is 10.4. The standard InChI is InChI=1S/C8H13N3O4/c12-3-1-2-9-6(13)5-11-7(14)4-10-8(11)15/h12H,1-5H2,(H,9,13)(H,10,15). The fraction of sp³-hybridized carbons (Fsp3) is 0.625. The second-order valence-electron chi connectivity index (χ2n) is 3.07. The van der Waals surface area contributed by atoms with E-state index < -0.39 is 17.8 Å². The number of aliphatic hydroxyl groups excluding tert-OH is 1. The van der Waals surface area contributed by atoms with E-state index in [-0.39, 0.29) is 19.7 Å². The first-order valence-corrected chi connectivity index (χ1v) is 4.61. The highest BCUT2D eigenvalue weighted by molar-refractivity contribution is 6.04. The SMILES string of the molecule is O=C(CN1C(=O)CNC1=O)NCCCO. The van der Waals surface area contributed by atoms with Crippen LogP contribution in [0, 0.1) is 0 Å². The summed E-state index contributed by atoms with van der Waals surface area (Å²) in [5.74, 6) is -0.814. The molecule has 0 saturated carbocycles. The third-order valence-corrected chi connectivity index (χ3v) is 1.90. The third-order valence-electron chi connectivity index (χ3n) is 1.90. The maximum atomic E-state index is 11.2. The van der Waals surface area contributed by atoms with Crippen LogP contribution in [0.15, 0.2) is 0 Å². The average Bonchev–Trinajstić information content (AvgIpc) is 2.50. The Morgan fingerprint density at radius 3 is 2.80 bits per heavy atom. The summed E-state index contributed by atoms with van der Waals surface area (Å²) >= 11 is 0. The van der Waals surface area contributed by atoms with Gasteiger partial charge in [-0.05, 0) is 6.42 Å². The van der Waals surface area contributed by atoms with Gasteiger partial charge in [-0.3, -0.25) is 14.5 Å². The van der Waals surface area contributed by atoms with Crippen molar-refractivity contribution in [1.82, 2.24) is 15.5 Å². The van der Waals surface area contributed by atoms with Crippen molar-refractivity contribution < 1.29 is 19.5 Å². The molecule has 15 heavy (non-hydrogen) atoms. The summed E-state index contributed by atoms with van der Waals surface area (Å²) in [5.41, 5.74) is 0. The van der Waals surface area contributed by atoms with Gasteiger partial charge in [-0.15, -0.1) is 0 Å². The Kier molecular flexibility index (Phi) is 4.04.